The fourth-order valence-corrected chi connectivity index (χ4v) is 4.15. The third-order valence-electron chi connectivity index (χ3n) is 5.22. The molecule has 3 rings (SSSR count). The summed E-state index contributed by atoms with van der Waals surface area (Å²) in [6, 6.07) is 0. The molecule has 18 heavy (non-hydrogen) atoms. The van der Waals surface area contributed by atoms with Crippen molar-refractivity contribution in [3.05, 3.63) is 11.6 Å². The van der Waals surface area contributed by atoms with Crippen molar-refractivity contribution in [1.82, 2.24) is 0 Å². The van der Waals surface area contributed by atoms with Crippen molar-refractivity contribution in [1.29, 1.82) is 0 Å². The number of carbonyl (C=O) groups is 2. The zero-order valence-electron chi connectivity index (χ0n) is 11.2. The Balaban J connectivity index is 2.00. The molecule has 2 aliphatic carbocycles. The SMILES string of the molecule is CC1=CC(=O)[C@@H]2[C@H]1[C@H]1OC(=O)[C@H](C)[C@@H]1CC[C@@H]2C. The van der Waals surface area contributed by atoms with Crippen molar-refractivity contribution >= 4 is 11.8 Å². The third kappa shape index (κ3) is 1.49. The van der Waals surface area contributed by atoms with E-state index in [1.54, 1.807) is 6.08 Å². The van der Waals surface area contributed by atoms with E-state index in [2.05, 4.69) is 6.92 Å². The Hall–Kier alpha value is -1.12. The maximum absolute atomic E-state index is 12.1. The molecule has 0 aromatic heterocycles. The van der Waals surface area contributed by atoms with Crippen LogP contribution in [0.1, 0.15) is 33.6 Å². The molecule has 3 aliphatic rings. The van der Waals surface area contributed by atoms with E-state index in [0.29, 0.717) is 11.8 Å². The predicted octanol–water partition coefficient (Wildman–Crippen LogP) is 2.36. The molecule has 6 atom stereocenters. The molecule has 0 amide bonds. The average Bonchev–Trinajstić information content (AvgIpc) is 2.68. The summed E-state index contributed by atoms with van der Waals surface area (Å²) in [5, 5.41) is 0. The van der Waals surface area contributed by atoms with Crippen LogP contribution >= 0.6 is 0 Å². The number of ketones is 1. The topological polar surface area (TPSA) is 43.4 Å². The molecule has 1 aliphatic heterocycles. The van der Waals surface area contributed by atoms with Gasteiger partial charge in [-0.1, -0.05) is 19.4 Å². The Morgan fingerprint density at radius 2 is 1.89 bits per heavy atom. The van der Waals surface area contributed by atoms with Crippen molar-refractivity contribution < 1.29 is 14.3 Å². The molecule has 0 radical (unpaired) electrons. The molecular weight excluding hydrogens is 228 g/mol. The van der Waals surface area contributed by atoms with Crippen LogP contribution in [0.4, 0.5) is 0 Å². The zero-order chi connectivity index (χ0) is 13.0. The van der Waals surface area contributed by atoms with Crippen LogP contribution in [0.15, 0.2) is 11.6 Å². The maximum atomic E-state index is 12.1. The van der Waals surface area contributed by atoms with Gasteiger partial charge in [0.25, 0.3) is 0 Å². The Morgan fingerprint density at radius 1 is 1.17 bits per heavy atom. The number of fused-ring (bicyclic) bond motifs is 3. The number of esters is 1. The van der Waals surface area contributed by atoms with Gasteiger partial charge in [0.1, 0.15) is 6.10 Å². The highest BCUT2D eigenvalue weighted by molar-refractivity contribution is 5.96. The molecule has 0 unspecified atom stereocenters. The molecule has 2 fully saturated rings. The summed E-state index contributed by atoms with van der Waals surface area (Å²) in [4.78, 5) is 23.9. The van der Waals surface area contributed by atoms with Crippen molar-refractivity contribution in [2.75, 3.05) is 0 Å². The number of carbonyl (C=O) groups excluding carboxylic acids is 2. The van der Waals surface area contributed by atoms with Crippen molar-refractivity contribution in [2.24, 2.45) is 29.6 Å². The van der Waals surface area contributed by atoms with Gasteiger partial charge in [-0.2, -0.15) is 0 Å². The van der Waals surface area contributed by atoms with Crippen LogP contribution in [0.5, 0.6) is 0 Å². The number of hydrogen-bond donors (Lipinski definition) is 0. The standard InChI is InChI=1S/C15H20O3/c1-7-4-5-10-9(3)15(17)18-14(10)13-8(2)6-11(16)12(7)13/h6-7,9-10,12-14H,4-5H2,1-3H3/t7-,9+,10-,12+,13-,14-/m0/s1. The predicted molar refractivity (Wildman–Crippen MR) is 66.7 cm³/mol. The van der Waals surface area contributed by atoms with Crippen LogP contribution in [0, 0.1) is 29.6 Å². The summed E-state index contributed by atoms with van der Waals surface area (Å²) in [5.74, 6) is 1.01. The lowest BCUT2D eigenvalue weighted by atomic mass is 9.77. The molecule has 1 saturated heterocycles. The number of ether oxygens (including phenoxy) is 1. The van der Waals surface area contributed by atoms with Crippen LogP contribution in [-0.4, -0.2) is 17.9 Å². The Labute approximate surface area is 108 Å². The Bertz CT molecular complexity index is 437. The van der Waals surface area contributed by atoms with E-state index in [0.717, 1.165) is 18.4 Å². The van der Waals surface area contributed by atoms with Gasteiger partial charge in [0.05, 0.1) is 5.92 Å². The highest BCUT2D eigenvalue weighted by Crippen LogP contribution is 2.49. The minimum Gasteiger partial charge on any atom is -0.461 e. The van der Waals surface area contributed by atoms with Crippen LogP contribution in [0.25, 0.3) is 0 Å². The molecule has 0 aromatic carbocycles. The second-order valence-electron chi connectivity index (χ2n) is 6.25. The van der Waals surface area contributed by atoms with Gasteiger partial charge in [0.15, 0.2) is 5.78 Å². The van der Waals surface area contributed by atoms with Crippen LogP contribution < -0.4 is 0 Å². The number of hydrogen-bond acceptors (Lipinski definition) is 3. The summed E-state index contributed by atoms with van der Waals surface area (Å²) in [5.41, 5.74) is 1.11. The fourth-order valence-electron chi connectivity index (χ4n) is 4.15. The van der Waals surface area contributed by atoms with Crippen molar-refractivity contribution in [3.8, 4) is 0 Å². The summed E-state index contributed by atoms with van der Waals surface area (Å²) >= 11 is 0. The highest BCUT2D eigenvalue weighted by Gasteiger charge is 2.53. The molecule has 3 nitrogen and oxygen atoms in total. The minimum atomic E-state index is -0.0783. The number of rotatable bonds is 0. The third-order valence-corrected chi connectivity index (χ3v) is 5.22. The minimum absolute atomic E-state index is 0.00977. The Kier molecular flexibility index (Phi) is 2.61. The zero-order valence-corrected chi connectivity index (χ0v) is 11.2. The molecular formula is C15H20O3. The first-order chi connectivity index (χ1) is 8.50. The van der Waals surface area contributed by atoms with Gasteiger partial charge < -0.3 is 4.74 Å². The maximum Gasteiger partial charge on any atom is 0.309 e. The van der Waals surface area contributed by atoms with Crippen LogP contribution in [0.2, 0.25) is 0 Å². The second kappa shape index (κ2) is 3.94. The van der Waals surface area contributed by atoms with Gasteiger partial charge in [-0.25, -0.2) is 0 Å². The number of allylic oxidation sites excluding steroid dienone is 1. The average molecular weight is 248 g/mol. The molecule has 98 valence electrons. The molecule has 0 N–H and O–H groups in total. The summed E-state index contributed by atoms with van der Waals surface area (Å²) in [6.45, 7) is 6.14. The molecule has 3 heteroatoms. The fraction of sp³-hybridized carbons (Fsp3) is 0.733. The lowest BCUT2D eigenvalue weighted by Gasteiger charge is -2.28. The van der Waals surface area contributed by atoms with Gasteiger partial charge in [-0.05, 0) is 31.8 Å². The summed E-state index contributed by atoms with van der Waals surface area (Å²) < 4.78 is 5.61. The molecule has 0 spiro atoms. The van der Waals surface area contributed by atoms with Gasteiger partial charge >= 0.3 is 5.97 Å². The van der Waals surface area contributed by atoms with E-state index in [4.69, 9.17) is 4.74 Å². The first kappa shape index (κ1) is 11.9. The van der Waals surface area contributed by atoms with Crippen molar-refractivity contribution in [3.63, 3.8) is 0 Å². The van der Waals surface area contributed by atoms with E-state index < -0.39 is 0 Å². The van der Waals surface area contributed by atoms with Crippen LogP contribution in [0.3, 0.4) is 0 Å². The largest absolute Gasteiger partial charge is 0.461 e. The second-order valence-corrected chi connectivity index (χ2v) is 6.25. The van der Waals surface area contributed by atoms with Gasteiger partial charge in [-0.3, -0.25) is 9.59 Å². The van der Waals surface area contributed by atoms with E-state index in [1.807, 2.05) is 13.8 Å². The van der Waals surface area contributed by atoms with Crippen molar-refractivity contribution in [2.45, 2.75) is 39.7 Å². The Morgan fingerprint density at radius 3 is 2.61 bits per heavy atom. The highest BCUT2D eigenvalue weighted by atomic mass is 16.6. The van der Waals surface area contributed by atoms with Gasteiger partial charge in [-0.15, -0.1) is 0 Å². The molecule has 0 aromatic rings. The lowest BCUT2D eigenvalue weighted by Crippen LogP contribution is -2.33. The summed E-state index contributed by atoms with van der Waals surface area (Å²) in [7, 11) is 0. The molecule has 1 heterocycles. The first-order valence-electron chi connectivity index (χ1n) is 6.93. The lowest BCUT2D eigenvalue weighted by molar-refractivity contribution is -0.146. The van der Waals surface area contributed by atoms with Gasteiger partial charge in [0, 0.05) is 17.8 Å². The van der Waals surface area contributed by atoms with E-state index in [9.17, 15) is 9.59 Å². The van der Waals surface area contributed by atoms with E-state index >= 15 is 0 Å². The van der Waals surface area contributed by atoms with Crippen LogP contribution in [-0.2, 0) is 14.3 Å². The normalized spacial score (nSPS) is 47.2. The quantitative estimate of drug-likeness (QED) is 0.618. The smallest absolute Gasteiger partial charge is 0.309 e. The molecule has 1 saturated carbocycles. The van der Waals surface area contributed by atoms with E-state index in [-0.39, 0.29) is 35.6 Å². The van der Waals surface area contributed by atoms with E-state index in [1.165, 1.54) is 0 Å². The molecule has 0 bridgehead atoms. The summed E-state index contributed by atoms with van der Waals surface area (Å²) in [6.07, 6.45) is 3.73. The monoisotopic (exact) mass is 248 g/mol. The first-order valence-corrected chi connectivity index (χ1v) is 6.93. The van der Waals surface area contributed by atoms with Gasteiger partial charge in [0.2, 0.25) is 0 Å².